The quantitative estimate of drug-likeness (QED) is 0.102. The number of benzene rings is 2. The van der Waals surface area contributed by atoms with Gasteiger partial charge in [0.15, 0.2) is 5.78 Å². The molecule has 2 aromatic carbocycles. The van der Waals surface area contributed by atoms with Crippen molar-refractivity contribution in [3.8, 4) is 0 Å². The Morgan fingerprint density at radius 3 is 2.20 bits per heavy atom. The molecule has 0 bridgehead atoms. The lowest BCUT2D eigenvalue weighted by atomic mass is 9.86. The molecule has 4 aromatic rings. The zero-order chi connectivity index (χ0) is 35.0. The lowest BCUT2D eigenvalue weighted by molar-refractivity contribution is -0.122. The number of aromatic nitrogens is 2. The van der Waals surface area contributed by atoms with Crippen molar-refractivity contribution in [3.63, 3.8) is 0 Å². The smallest absolute Gasteiger partial charge is 0.407 e. The van der Waals surface area contributed by atoms with Crippen molar-refractivity contribution in [2.24, 2.45) is 5.92 Å². The van der Waals surface area contributed by atoms with E-state index in [1.165, 1.54) is 11.3 Å². The number of nitrogens with zero attached hydrogens (tertiary/aromatic N) is 3. The largest absolute Gasteiger partial charge is 0.444 e. The van der Waals surface area contributed by atoms with Gasteiger partial charge in [0.2, 0.25) is 0 Å². The van der Waals surface area contributed by atoms with Crippen LogP contribution in [0.1, 0.15) is 85.5 Å². The molecule has 0 aliphatic heterocycles. The summed E-state index contributed by atoms with van der Waals surface area (Å²) < 4.78 is 5.50. The Hall–Kier alpha value is -4.09. The lowest BCUT2D eigenvalue weighted by Gasteiger charge is -2.25. The third-order valence-electron chi connectivity index (χ3n) is 8.33. The van der Waals surface area contributed by atoms with E-state index in [9.17, 15) is 14.4 Å². The Labute approximate surface area is 298 Å². The molecule has 2 N–H and O–H groups in total. The van der Waals surface area contributed by atoms with E-state index in [1.54, 1.807) is 35.0 Å². The highest BCUT2D eigenvalue weighted by atomic mass is 32.1. The van der Waals surface area contributed by atoms with Gasteiger partial charge in [-0.15, -0.1) is 22.7 Å². The van der Waals surface area contributed by atoms with Gasteiger partial charge in [0.25, 0.3) is 0 Å². The van der Waals surface area contributed by atoms with E-state index in [0.29, 0.717) is 44.6 Å². The molecule has 0 spiro atoms. The topological polar surface area (TPSA) is 114 Å². The lowest BCUT2D eigenvalue weighted by Crippen LogP contribution is -2.46. The van der Waals surface area contributed by atoms with E-state index in [1.807, 2.05) is 48.7 Å². The standard InChI is InChI=1S/C38H49N5O4S2/c1-5-12-34(42-37(45)43(4)23-32-25-48-36(40-32)27(2)3)35(44)21-30(19-28-13-8-6-9-14-28)17-18-31(20-29-15-10-7-11-16-29)41-38(46)47-24-33-22-39-26-49-33/h6-11,13-16,22,25-27,30-31,34H,5,12,17-21,23-24H2,1-4H3,(H,41,46)(H,42,45)/t30-,31-,34+/m1/s1. The van der Waals surface area contributed by atoms with Gasteiger partial charge in [-0.05, 0) is 49.1 Å². The average molecular weight is 704 g/mol. The van der Waals surface area contributed by atoms with Crippen LogP contribution >= 0.6 is 22.7 Å². The maximum absolute atomic E-state index is 13.9. The van der Waals surface area contributed by atoms with E-state index in [0.717, 1.165) is 39.5 Å². The highest BCUT2D eigenvalue weighted by molar-refractivity contribution is 7.09. The fourth-order valence-corrected chi connectivity index (χ4v) is 7.04. The summed E-state index contributed by atoms with van der Waals surface area (Å²) >= 11 is 3.04. The first kappa shape index (κ1) is 37.7. The number of alkyl carbamates (subject to hydrolysis) is 1. The summed E-state index contributed by atoms with van der Waals surface area (Å²) in [6, 6.07) is 19.2. The molecule has 3 amide bonds. The van der Waals surface area contributed by atoms with Crippen LogP contribution in [0, 0.1) is 5.92 Å². The molecule has 49 heavy (non-hydrogen) atoms. The van der Waals surface area contributed by atoms with Crippen molar-refractivity contribution in [3.05, 3.63) is 104 Å². The van der Waals surface area contributed by atoms with Crippen molar-refractivity contribution in [2.45, 2.75) is 96.9 Å². The molecule has 4 rings (SSSR count). The zero-order valence-corrected chi connectivity index (χ0v) is 30.6. The number of hydrogen-bond donors (Lipinski definition) is 2. The molecular weight excluding hydrogens is 655 g/mol. The fraction of sp³-hybridized carbons (Fsp3) is 0.447. The summed E-state index contributed by atoms with van der Waals surface area (Å²) in [5, 5.41) is 9.13. The Morgan fingerprint density at radius 1 is 0.898 bits per heavy atom. The predicted molar refractivity (Wildman–Crippen MR) is 197 cm³/mol. The number of carbonyl (C=O) groups excluding carboxylic acids is 3. The van der Waals surface area contributed by atoms with Crippen molar-refractivity contribution >= 4 is 40.6 Å². The third-order valence-corrected chi connectivity index (χ3v) is 10.3. The Kier molecular flexibility index (Phi) is 15.2. The van der Waals surface area contributed by atoms with Gasteiger partial charge in [-0.25, -0.2) is 14.6 Å². The Morgan fingerprint density at radius 2 is 1.59 bits per heavy atom. The van der Waals surface area contributed by atoms with E-state index in [4.69, 9.17) is 4.74 Å². The molecule has 9 nitrogen and oxygen atoms in total. The number of rotatable bonds is 19. The molecule has 0 aliphatic carbocycles. The van der Waals surface area contributed by atoms with E-state index < -0.39 is 12.1 Å². The minimum absolute atomic E-state index is 0.0154. The Balaban J connectivity index is 1.42. The van der Waals surface area contributed by atoms with Crippen molar-refractivity contribution < 1.29 is 19.1 Å². The van der Waals surface area contributed by atoms with Crippen molar-refractivity contribution in [1.29, 1.82) is 0 Å². The number of urea groups is 1. The molecule has 262 valence electrons. The van der Waals surface area contributed by atoms with Crippen LogP contribution in [0.3, 0.4) is 0 Å². The van der Waals surface area contributed by atoms with Gasteiger partial charge in [0, 0.05) is 37.0 Å². The van der Waals surface area contributed by atoms with Crippen LogP contribution in [0.2, 0.25) is 0 Å². The number of carbonyl (C=O) groups is 3. The molecular formula is C38H49N5O4S2. The maximum atomic E-state index is 13.9. The van der Waals surface area contributed by atoms with Crippen LogP contribution in [0.5, 0.6) is 0 Å². The number of ketones is 1. The number of nitrogens with one attached hydrogen (secondary N) is 2. The first-order valence-electron chi connectivity index (χ1n) is 17.1. The molecule has 3 atom stereocenters. The summed E-state index contributed by atoms with van der Waals surface area (Å²) in [6.07, 6.45) is 5.60. The molecule has 0 fully saturated rings. The van der Waals surface area contributed by atoms with Gasteiger partial charge in [0.1, 0.15) is 6.61 Å². The number of thiazole rings is 2. The maximum Gasteiger partial charge on any atom is 0.407 e. The minimum atomic E-state index is -0.583. The summed E-state index contributed by atoms with van der Waals surface area (Å²) in [5.41, 5.74) is 4.82. The van der Waals surface area contributed by atoms with Gasteiger partial charge in [0.05, 0.1) is 33.7 Å². The molecule has 0 saturated heterocycles. The van der Waals surface area contributed by atoms with E-state index in [-0.39, 0.29) is 30.4 Å². The SMILES string of the molecule is CCC[C@H](NC(=O)N(C)Cc1csc(C(C)C)n1)C(=O)C[C@H](CC[C@H](Cc1ccccc1)NC(=O)OCc1cncs1)Cc1ccccc1. The molecule has 0 aliphatic rings. The number of Topliss-reactive ketones (excluding diaryl/α,β-unsaturated/α-hetero) is 1. The van der Waals surface area contributed by atoms with Gasteiger partial charge in [-0.2, -0.15) is 0 Å². The van der Waals surface area contributed by atoms with Crippen LogP contribution in [-0.4, -0.2) is 51.9 Å². The summed E-state index contributed by atoms with van der Waals surface area (Å²) in [4.78, 5) is 51.2. The molecule has 0 unspecified atom stereocenters. The highest BCUT2D eigenvalue weighted by Crippen LogP contribution is 2.23. The second-order valence-electron chi connectivity index (χ2n) is 12.9. The van der Waals surface area contributed by atoms with E-state index >= 15 is 0 Å². The van der Waals surface area contributed by atoms with Gasteiger partial charge < -0.3 is 20.3 Å². The third kappa shape index (κ3) is 13.0. The first-order valence-corrected chi connectivity index (χ1v) is 18.8. The fourth-order valence-electron chi connectivity index (χ4n) is 5.71. The number of amides is 3. The normalized spacial score (nSPS) is 13.0. The van der Waals surface area contributed by atoms with Gasteiger partial charge >= 0.3 is 12.1 Å². The average Bonchev–Trinajstić information content (AvgIpc) is 3.80. The van der Waals surface area contributed by atoms with Crippen molar-refractivity contribution in [2.75, 3.05) is 7.05 Å². The molecule has 11 heteroatoms. The zero-order valence-electron chi connectivity index (χ0n) is 29.0. The second-order valence-corrected chi connectivity index (χ2v) is 14.7. The predicted octanol–water partition coefficient (Wildman–Crippen LogP) is 8.17. The molecule has 2 aromatic heterocycles. The van der Waals surface area contributed by atoms with Crippen LogP contribution in [-0.2, 0) is 35.5 Å². The Bertz CT molecular complexity index is 1560. The molecule has 0 radical (unpaired) electrons. The van der Waals surface area contributed by atoms with Gasteiger partial charge in [-0.1, -0.05) is 87.9 Å². The van der Waals surface area contributed by atoms with Crippen LogP contribution in [0.15, 0.2) is 77.8 Å². The minimum Gasteiger partial charge on any atom is -0.444 e. The summed E-state index contributed by atoms with van der Waals surface area (Å²) in [5.74, 6) is 0.374. The number of ether oxygens (including phenoxy) is 1. The summed E-state index contributed by atoms with van der Waals surface area (Å²) in [6.45, 7) is 6.77. The monoisotopic (exact) mass is 703 g/mol. The van der Waals surface area contributed by atoms with E-state index in [2.05, 4.69) is 58.7 Å². The van der Waals surface area contributed by atoms with Crippen LogP contribution < -0.4 is 10.6 Å². The van der Waals surface area contributed by atoms with Crippen LogP contribution in [0.4, 0.5) is 9.59 Å². The molecule has 0 saturated carbocycles. The first-order chi connectivity index (χ1) is 23.7. The van der Waals surface area contributed by atoms with Crippen molar-refractivity contribution in [1.82, 2.24) is 25.5 Å². The second kappa shape index (κ2) is 19.8. The highest BCUT2D eigenvalue weighted by Gasteiger charge is 2.26. The van der Waals surface area contributed by atoms with Gasteiger partial charge in [-0.3, -0.25) is 9.78 Å². The number of hydrogen-bond acceptors (Lipinski definition) is 8. The molecule has 2 heterocycles. The van der Waals surface area contributed by atoms with Crippen LogP contribution in [0.25, 0.3) is 0 Å². The summed E-state index contributed by atoms with van der Waals surface area (Å²) in [7, 11) is 1.73.